The lowest BCUT2D eigenvalue weighted by Gasteiger charge is -2.12. The van der Waals surface area contributed by atoms with E-state index in [1.165, 1.54) is 0 Å². The van der Waals surface area contributed by atoms with E-state index in [0.29, 0.717) is 22.5 Å². The van der Waals surface area contributed by atoms with Gasteiger partial charge in [-0.05, 0) is 37.3 Å². The lowest BCUT2D eigenvalue weighted by molar-refractivity contribution is 0.102. The standard InChI is InChI=1S/C23H19N3O2/c1-15-7-9-16(10-8-15)22-21(19-5-3-4-6-20(19)25-26-22)23(27)24-17-11-13-18(28-2)14-12-17/h3-14H,1-2H3,(H,24,27). The van der Waals surface area contributed by atoms with Gasteiger partial charge >= 0.3 is 0 Å². The summed E-state index contributed by atoms with van der Waals surface area (Å²) in [7, 11) is 1.61. The SMILES string of the molecule is COc1ccc(NC(=O)c2c(-c3ccc(C)cc3)nnc3ccccc23)cc1. The van der Waals surface area contributed by atoms with Crippen molar-refractivity contribution in [3.05, 3.63) is 83.9 Å². The molecule has 28 heavy (non-hydrogen) atoms. The molecule has 0 fully saturated rings. The predicted octanol–water partition coefficient (Wildman–Crippen LogP) is 4.87. The van der Waals surface area contributed by atoms with Crippen molar-refractivity contribution in [1.82, 2.24) is 10.2 Å². The molecule has 1 N–H and O–H groups in total. The number of amides is 1. The van der Waals surface area contributed by atoms with E-state index >= 15 is 0 Å². The van der Waals surface area contributed by atoms with E-state index in [1.54, 1.807) is 31.4 Å². The number of methoxy groups -OCH3 is 1. The van der Waals surface area contributed by atoms with Crippen molar-refractivity contribution in [1.29, 1.82) is 0 Å². The van der Waals surface area contributed by atoms with E-state index in [4.69, 9.17) is 4.74 Å². The van der Waals surface area contributed by atoms with Crippen molar-refractivity contribution in [3.63, 3.8) is 0 Å². The minimum Gasteiger partial charge on any atom is -0.497 e. The van der Waals surface area contributed by atoms with Gasteiger partial charge in [-0.3, -0.25) is 4.79 Å². The molecule has 0 unspecified atom stereocenters. The summed E-state index contributed by atoms with van der Waals surface area (Å²) in [4.78, 5) is 13.2. The van der Waals surface area contributed by atoms with E-state index in [0.717, 1.165) is 22.3 Å². The molecule has 1 amide bonds. The van der Waals surface area contributed by atoms with Gasteiger partial charge < -0.3 is 10.1 Å². The average molecular weight is 369 g/mol. The molecule has 0 saturated heterocycles. The highest BCUT2D eigenvalue weighted by atomic mass is 16.5. The lowest BCUT2D eigenvalue weighted by Crippen LogP contribution is -2.15. The summed E-state index contributed by atoms with van der Waals surface area (Å²) in [6.07, 6.45) is 0. The molecule has 4 aromatic rings. The van der Waals surface area contributed by atoms with E-state index < -0.39 is 0 Å². The van der Waals surface area contributed by atoms with Crippen LogP contribution in [0.15, 0.2) is 72.8 Å². The van der Waals surface area contributed by atoms with Crippen molar-refractivity contribution in [2.45, 2.75) is 6.92 Å². The number of aromatic nitrogens is 2. The number of ether oxygens (including phenoxy) is 1. The monoisotopic (exact) mass is 369 g/mol. The van der Waals surface area contributed by atoms with Crippen molar-refractivity contribution >= 4 is 22.5 Å². The smallest absolute Gasteiger partial charge is 0.258 e. The minimum atomic E-state index is -0.230. The van der Waals surface area contributed by atoms with Crippen LogP contribution in [0, 0.1) is 6.92 Å². The zero-order chi connectivity index (χ0) is 19.5. The number of benzene rings is 3. The van der Waals surface area contributed by atoms with E-state index in [1.807, 2.05) is 55.5 Å². The average Bonchev–Trinajstić information content (AvgIpc) is 2.74. The van der Waals surface area contributed by atoms with Crippen LogP contribution >= 0.6 is 0 Å². The second-order valence-corrected chi connectivity index (χ2v) is 6.49. The Bertz CT molecular complexity index is 1140. The maximum Gasteiger partial charge on any atom is 0.258 e. The first kappa shape index (κ1) is 17.7. The van der Waals surface area contributed by atoms with Gasteiger partial charge in [-0.1, -0.05) is 48.0 Å². The zero-order valence-electron chi connectivity index (χ0n) is 15.6. The molecule has 4 rings (SSSR count). The Morgan fingerprint density at radius 1 is 0.893 bits per heavy atom. The number of carbonyl (C=O) groups is 1. The van der Waals surface area contributed by atoms with Crippen LogP contribution < -0.4 is 10.1 Å². The maximum absolute atomic E-state index is 13.2. The fourth-order valence-electron chi connectivity index (χ4n) is 3.06. The molecule has 138 valence electrons. The second-order valence-electron chi connectivity index (χ2n) is 6.49. The van der Waals surface area contributed by atoms with Gasteiger partial charge in [0.15, 0.2) is 0 Å². The summed E-state index contributed by atoms with van der Waals surface area (Å²) in [6.45, 7) is 2.02. The third-order valence-electron chi connectivity index (χ3n) is 4.57. The molecule has 1 heterocycles. The van der Waals surface area contributed by atoms with Crippen LogP contribution in [0.25, 0.3) is 22.2 Å². The molecule has 3 aromatic carbocycles. The van der Waals surface area contributed by atoms with Crippen LogP contribution in [-0.4, -0.2) is 23.2 Å². The quantitative estimate of drug-likeness (QED) is 0.558. The zero-order valence-corrected chi connectivity index (χ0v) is 15.6. The number of nitrogens with one attached hydrogen (secondary N) is 1. The Morgan fingerprint density at radius 2 is 1.61 bits per heavy atom. The largest absolute Gasteiger partial charge is 0.497 e. The van der Waals surface area contributed by atoms with Crippen LogP contribution in [-0.2, 0) is 0 Å². The molecular formula is C23H19N3O2. The Labute approximate surface area is 163 Å². The Kier molecular flexibility index (Phi) is 4.72. The van der Waals surface area contributed by atoms with Crippen LogP contribution in [0.3, 0.4) is 0 Å². The molecule has 0 saturated carbocycles. The molecule has 5 nitrogen and oxygen atoms in total. The Balaban J connectivity index is 1.81. The maximum atomic E-state index is 13.2. The molecule has 0 aliphatic carbocycles. The second kappa shape index (κ2) is 7.48. The predicted molar refractivity (Wildman–Crippen MR) is 111 cm³/mol. The van der Waals surface area contributed by atoms with Gasteiger partial charge in [-0.15, -0.1) is 10.2 Å². The normalized spacial score (nSPS) is 10.6. The highest BCUT2D eigenvalue weighted by Crippen LogP contribution is 2.28. The van der Waals surface area contributed by atoms with Crippen LogP contribution in [0.1, 0.15) is 15.9 Å². The molecule has 0 radical (unpaired) electrons. The van der Waals surface area contributed by atoms with Crippen molar-refractivity contribution in [3.8, 4) is 17.0 Å². The summed E-state index contributed by atoms with van der Waals surface area (Å²) in [6, 6.07) is 22.7. The first-order valence-corrected chi connectivity index (χ1v) is 8.93. The van der Waals surface area contributed by atoms with Gasteiger partial charge in [0, 0.05) is 16.6 Å². The van der Waals surface area contributed by atoms with Crippen LogP contribution in [0.5, 0.6) is 5.75 Å². The number of hydrogen-bond acceptors (Lipinski definition) is 4. The Hall–Kier alpha value is -3.73. The van der Waals surface area contributed by atoms with Crippen molar-refractivity contribution in [2.24, 2.45) is 0 Å². The summed E-state index contributed by atoms with van der Waals surface area (Å²) in [5.41, 5.74) is 4.42. The number of aryl methyl sites for hydroxylation is 1. The minimum absolute atomic E-state index is 0.230. The fourth-order valence-corrected chi connectivity index (χ4v) is 3.06. The molecule has 5 heteroatoms. The number of carbonyl (C=O) groups excluding carboxylic acids is 1. The molecule has 0 aliphatic heterocycles. The van der Waals surface area contributed by atoms with E-state index in [-0.39, 0.29) is 5.91 Å². The Morgan fingerprint density at radius 3 is 2.32 bits per heavy atom. The highest BCUT2D eigenvalue weighted by molar-refractivity contribution is 6.15. The van der Waals surface area contributed by atoms with Crippen LogP contribution in [0.4, 0.5) is 5.69 Å². The topological polar surface area (TPSA) is 64.1 Å². The van der Waals surface area contributed by atoms with Crippen molar-refractivity contribution < 1.29 is 9.53 Å². The molecule has 0 atom stereocenters. The first-order valence-electron chi connectivity index (χ1n) is 8.93. The lowest BCUT2D eigenvalue weighted by atomic mass is 10.0. The number of nitrogens with zero attached hydrogens (tertiary/aromatic N) is 2. The van der Waals surface area contributed by atoms with Gasteiger partial charge in [0.1, 0.15) is 11.4 Å². The molecule has 0 aliphatic rings. The third kappa shape index (κ3) is 3.42. The summed E-state index contributed by atoms with van der Waals surface area (Å²) in [5.74, 6) is 0.501. The van der Waals surface area contributed by atoms with Gasteiger partial charge in [-0.2, -0.15) is 0 Å². The number of rotatable bonds is 4. The van der Waals surface area contributed by atoms with Crippen molar-refractivity contribution in [2.75, 3.05) is 12.4 Å². The number of hydrogen-bond donors (Lipinski definition) is 1. The third-order valence-corrected chi connectivity index (χ3v) is 4.57. The fraction of sp³-hybridized carbons (Fsp3) is 0.0870. The van der Waals surface area contributed by atoms with Gasteiger partial charge in [-0.25, -0.2) is 0 Å². The molecule has 1 aromatic heterocycles. The number of anilines is 1. The highest BCUT2D eigenvalue weighted by Gasteiger charge is 2.19. The van der Waals surface area contributed by atoms with E-state index in [2.05, 4.69) is 15.5 Å². The van der Waals surface area contributed by atoms with Gasteiger partial charge in [0.2, 0.25) is 0 Å². The molecule has 0 bridgehead atoms. The van der Waals surface area contributed by atoms with Gasteiger partial charge in [0.25, 0.3) is 5.91 Å². The molecule has 0 spiro atoms. The first-order chi connectivity index (χ1) is 13.7. The summed E-state index contributed by atoms with van der Waals surface area (Å²) >= 11 is 0. The summed E-state index contributed by atoms with van der Waals surface area (Å²) in [5, 5.41) is 12.4. The van der Waals surface area contributed by atoms with Crippen LogP contribution in [0.2, 0.25) is 0 Å². The summed E-state index contributed by atoms with van der Waals surface area (Å²) < 4.78 is 5.17. The van der Waals surface area contributed by atoms with Gasteiger partial charge in [0.05, 0.1) is 18.2 Å². The number of fused-ring (bicyclic) bond motifs is 1. The van der Waals surface area contributed by atoms with E-state index in [9.17, 15) is 4.79 Å². The molecular weight excluding hydrogens is 350 g/mol.